The lowest BCUT2D eigenvalue weighted by Gasteiger charge is -2.26. The van der Waals surface area contributed by atoms with E-state index in [1.807, 2.05) is 13.0 Å². The Morgan fingerprint density at radius 2 is 1.85 bits per heavy atom. The molecule has 0 unspecified atom stereocenters. The molecule has 1 aromatic carbocycles. The first-order chi connectivity index (χ1) is 8.90. The van der Waals surface area contributed by atoms with Crippen molar-refractivity contribution in [1.82, 2.24) is 4.72 Å². The van der Waals surface area contributed by atoms with E-state index in [0.717, 1.165) is 31.2 Å². The zero-order valence-electron chi connectivity index (χ0n) is 11.3. The molecular formula is C13H20BrClN2O2S. The zero-order chi connectivity index (χ0) is 14.0. The third kappa shape index (κ3) is 4.18. The average Bonchev–Trinajstić information content (AvgIpc) is 2.35. The van der Waals surface area contributed by atoms with Crippen LogP contribution < -0.4 is 10.5 Å². The molecule has 114 valence electrons. The Kier molecular flexibility index (Phi) is 6.47. The van der Waals surface area contributed by atoms with E-state index in [9.17, 15) is 8.42 Å². The molecule has 1 fully saturated rings. The van der Waals surface area contributed by atoms with Crippen LogP contribution in [0.5, 0.6) is 0 Å². The molecule has 0 heterocycles. The highest BCUT2D eigenvalue weighted by molar-refractivity contribution is 9.10. The number of hydrogen-bond acceptors (Lipinski definition) is 3. The predicted molar refractivity (Wildman–Crippen MR) is 86.7 cm³/mol. The van der Waals surface area contributed by atoms with Crippen LogP contribution in [0.4, 0.5) is 0 Å². The minimum Gasteiger partial charge on any atom is -0.328 e. The fourth-order valence-corrected chi connectivity index (χ4v) is 4.71. The van der Waals surface area contributed by atoms with Crippen molar-refractivity contribution < 1.29 is 8.42 Å². The fourth-order valence-electron chi connectivity index (χ4n) is 2.35. The van der Waals surface area contributed by atoms with Gasteiger partial charge < -0.3 is 5.73 Å². The van der Waals surface area contributed by atoms with Gasteiger partial charge in [-0.25, -0.2) is 13.1 Å². The van der Waals surface area contributed by atoms with E-state index in [1.165, 1.54) is 0 Å². The SMILES string of the molecule is Cc1cccc(S(=O)(=O)NC2CCC(N)CC2)c1Br.Cl. The third-order valence-corrected chi connectivity index (χ3v) is 6.42. The molecule has 1 saturated carbocycles. The van der Waals surface area contributed by atoms with E-state index in [2.05, 4.69) is 20.7 Å². The molecule has 2 rings (SSSR count). The van der Waals surface area contributed by atoms with Crippen molar-refractivity contribution in [1.29, 1.82) is 0 Å². The van der Waals surface area contributed by atoms with Gasteiger partial charge in [-0.3, -0.25) is 0 Å². The second kappa shape index (κ2) is 7.22. The first-order valence-corrected chi connectivity index (χ1v) is 8.71. The Labute approximate surface area is 135 Å². The molecule has 3 N–H and O–H groups in total. The van der Waals surface area contributed by atoms with Crippen LogP contribution in [0.3, 0.4) is 0 Å². The Morgan fingerprint density at radius 3 is 2.45 bits per heavy atom. The van der Waals surface area contributed by atoms with Crippen molar-refractivity contribution in [3.8, 4) is 0 Å². The molecule has 1 aromatic rings. The first kappa shape index (κ1) is 17.9. The van der Waals surface area contributed by atoms with Gasteiger partial charge in [0, 0.05) is 16.6 Å². The standard InChI is InChI=1S/C13H19BrN2O2S.ClH/c1-9-3-2-4-12(13(9)14)19(17,18)16-11-7-5-10(15)6-8-11;/h2-4,10-11,16H,5-8,15H2,1H3;1H. The Morgan fingerprint density at radius 1 is 1.25 bits per heavy atom. The van der Waals surface area contributed by atoms with Crippen LogP contribution in [-0.2, 0) is 10.0 Å². The summed E-state index contributed by atoms with van der Waals surface area (Å²) < 4.78 is 28.2. The molecule has 0 atom stereocenters. The molecule has 0 bridgehead atoms. The molecule has 0 spiro atoms. The second-order valence-corrected chi connectivity index (χ2v) is 7.60. The zero-order valence-corrected chi connectivity index (χ0v) is 14.5. The number of sulfonamides is 1. The molecule has 0 aliphatic heterocycles. The van der Waals surface area contributed by atoms with Crippen molar-refractivity contribution in [2.45, 2.75) is 49.6 Å². The summed E-state index contributed by atoms with van der Waals surface area (Å²) >= 11 is 3.35. The number of nitrogens with two attached hydrogens (primary N) is 1. The minimum atomic E-state index is -3.47. The van der Waals surface area contributed by atoms with Crippen molar-refractivity contribution in [3.05, 3.63) is 28.2 Å². The lowest BCUT2D eigenvalue weighted by molar-refractivity contribution is 0.373. The van der Waals surface area contributed by atoms with Crippen LogP contribution >= 0.6 is 28.3 Å². The topological polar surface area (TPSA) is 72.2 Å². The van der Waals surface area contributed by atoms with E-state index in [0.29, 0.717) is 9.37 Å². The maximum absolute atomic E-state index is 12.4. The molecule has 20 heavy (non-hydrogen) atoms. The van der Waals surface area contributed by atoms with E-state index in [-0.39, 0.29) is 24.5 Å². The maximum Gasteiger partial charge on any atom is 0.241 e. The van der Waals surface area contributed by atoms with Crippen LogP contribution in [0.2, 0.25) is 0 Å². The van der Waals surface area contributed by atoms with Crippen LogP contribution in [0.15, 0.2) is 27.6 Å². The Balaban J connectivity index is 0.00000200. The summed E-state index contributed by atoms with van der Waals surface area (Å²) in [5, 5.41) is 0. The number of benzene rings is 1. The van der Waals surface area contributed by atoms with E-state index >= 15 is 0 Å². The van der Waals surface area contributed by atoms with Gasteiger partial charge in [0.25, 0.3) is 0 Å². The predicted octanol–water partition coefficient (Wildman–Crippen LogP) is 2.73. The number of nitrogens with one attached hydrogen (secondary N) is 1. The van der Waals surface area contributed by atoms with Gasteiger partial charge in [0.1, 0.15) is 0 Å². The first-order valence-electron chi connectivity index (χ1n) is 6.43. The summed E-state index contributed by atoms with van der Waals surface area (Å²) in [6, 6.07) is 5.46. The summed E-state index contributed by atoms with van der Waals surface area (Å²) in [5.41, 5.74) is 6.74. The van der Waals surface area contributed by atoms with Gasteiger partial charge in [0.15, 0.2) is 0 Å². The Hall–Kier alpha value is -0.140. The molecule has 0 radical (unpaired) electrons. The Bertz CT molecular complexity index is 557. The number of rotatable bonds is 3. The molecular weight excluding hydrogens is 364 g/mol. The molecule has 1 aliphatic carbocycles. The molecule has 1 aliphatic rings. The number of hydrogen-bond donors (Lipinski definition) is 2. The van der Waals surface area contributed by atoms with E-state index in [1.54, 1.807) is 12.1 Å². The molecule has 0 saturated heterocycles. The normalized spacial score (nSPS) is 23.1. The van der Waals surface area contributed by atoms with Crippen LogP contribution in [-0.4, -0.2) is 20.5 Å². The lowest BCUT2D eigenvalue weighted by atomic mass is 9.93. The van der Waals surface area contributed by atoms with Crippen molar-refractivity contribution >= 4 is 38.4 Å². The smallest absolute Gasteiger partial charge is 0.241 e. The van der Waals surface area contributed by atoms with Crippen molar-refractivity contribution in [2.24, 2.45) is 5.73 Å². The quantitative estimate of drug-likeness (QED) is 0.843. The van der Waals surface area contributed by atoms with Crippen molar-refractivity contribution in [2.75, 3.05) is 0 Å². The van der Waals surface area contributed by atoms with Gasteiger partial charge >= 0.3 is 0 Å². The lowest BCUT2D eigenvalue weighted by Crippen LogP contribution is -2.40. The molecule has 4 nitrogen and oxygen atoms in total. The number of aryl methyl sites for hydroxylation is 1. The number of halogens is 2. The van der Waals surface area contributed by atoms with Crippen LogP contribution in [0, 0.1) is 6.92 Å². The van der Waals surface area contributed by atoms with E-state index in [4.69, 9.17) is 5.73 Å². The highest BCUT2D eigenvalue weighted by atomic mass is 79.9. The van der Waals surface area contributed by atoms with Crippen LogP contribution in [0.1, 0.15) is 31.2 Å². The molecule has 0 aromatic heterocycles. The summed E-state index contributed by atoms with van der Waals surface area (Å²) in [7, 11) is -3.47. The van der Waals surface area contributed by atoms with Gasteiger partial charge in [-0.1, -0.05) is 12.1 Å². The van der Waals surface area contributed by atoms with Gasteiger partial charge in [-0.05, 0) is 60.2 Å². The second-order valence-electron chi connectivity index (χ2n) is 5.12. The average molecular weight is 384 g/mol. The monoisotopic (exact) mass is 382 g/mol. The summed E-state index contributed by atoms with van der Waals surface area (Å²) in [5.74, 6) is 0. The summed E-state index contributed by atoms with van der Waals surface area (Å²) in [4.78, 5) is 0.308. The van der Waals surface area contributed by atoms with Gasteiger partial charge in [-0.15, -0.1) is 12.4 Å². The maximum atomic E-state index is 12.4. The van der Waals surface area contributed by atoms with E-state index < -0.39 is 10.0 Å². The highest BCUT2D eigenvalue weighted by Crippen LogP contribution is 2.26. The summed E-state index contributed by atoms with van der Waals surface area (Å²) in [6.07, 6.45) is 3.37. The largest absolute Gasteiger partial charge is 0.328 e. The van der Waals surface area contributed by atoms with Crippen LogP contribution in [0.25, 0.3) is 0 Å². The van der Waals surface area contributed by atoms with Gasteiger partial charge in [-0.2, -0.15) is 0 Å². The van der Waals surface area contributed by atoms with Crippen molar-refractivity contribution in [3.63, 3.8) is 0 Å². The fraction of sp³-hybridized carbons (Fsp3) is 0.538. The molecule has 0 amide bonds. The van der Waals surface area contributed by atoms with Gasteiger partial charge in [0.05, 0.1) is 4.90 Å². The molecule has 7 heteroatoms. The minimum absolute atomic E-state index is 0. The van der Waals surface area contributed by atoms with Gasteiger partial charge in [0.2, 0.25) is 10.0 Å². The highest BCUT2D eigenvalue weighted by Gasteiger charge is 2.25. The summed E-state index contributed by atoms with van der Waals surface area (Å²) in [6.45, 7) is 1.88. The third-order valence-electron chi connectivity index (χ3n) is 3.54.